The van der Waals surface area contributed by atoms with E-state index in [1.54, 1.807) is 18.2 Å². The first-order valence-corrected chi connectivity index (χ1v) is 5.73. The molecule has 0 bridgehead atoms. The van der Waals surface area contributed by atoms with Gasteiger partial charge in [0.25, 0.3) is 0 Å². The molecule has 18 heavy (non-hydrogen) atoms. The number of hydrogen-bond acceptors (Lipinski definition) is 3. The zero-order valence-corrected chi connectivity index (χ0v) is 10.3. The highest BCUT2D eigenvalue weighted by Gasteiger charge is 2.02. The Morgan fingerprint density at radius 1 is 1.17 bits per heavy atom. The van der Waals surface area contributed by atoms with Gasteiger partial charge in [0.2, 0.25) is 0 Å². The standard InChI is InChI=1S/C14H11ClN2O/c15-14-7-13(6-3-11(14)8-16)18-9-10-1-4-12(17)5-2-10/h1-7H,9,17H2. The number of nitriles is 1. The van der Waals surface area contributed by atoms with E-state index in [2.05, 4.69) is 0 Å². The molecule has 4 heteroatoms. The Labute approximate surface area is 110 Å². The Kier molecular flexibility index (Phi) is 3.71. The monoisotopic (exact) mass is 258 g/mol. The minimum atomic E-state index is 0.396. The van der Waals surface area contributed by atoms with Crippen molar-refractivity contribution in [3.05, 3.63) is 58.6 Å². The quantitative estimate of drug-likeness (QED) is 0.859. The second-order valence-corrected chi connectivity index (χ2v) is 4.19. The van der Waals surface area contributed by atoms with E-state index < -0.39 is 0 Å². The highest BCUT2D eigenvalue weighted by atomic mass is 35.5. The summed E-state index contributed by atoms with van der Waals surface area (Å²) in [6, 6.07) is 14.5. The molecule has 3 nitrogen and oxygen atoms in total. The zero-order valence-electron chi connectivity index (χ0n) is 9.56. The molecular weight excluding hydrogens is 248 g/mol. The summed E-state index contributed by atoms with van der Waals surface area (Å²) in [7, 11) is 0. The minimum absolute atomic E-state index is 0.396. The maximum absolute atomic E-state index is 8.76. The van der Waals surface area contributed by atoms with Gasteiger partial charge in [-0.25, -0.2) is 0 Å². The molecule has 0 radical (unpaired) electrons. The molecule has 2 rings (SSSR count). The third-order valence-corrected chi connectivity index (χ3v) is 2.76. The van der Waals surface area contributed by atoms with Crippen LogP contribution in [0.5, 0.6) is 5.75 Å². The number of anilines is 1. The molecule has 90 valence electrons. The maximum atomic E-state index is 8.76. The smallest absolute Gasteiger partial charge is 0.121 e. The van der Waals surface area contributed by atoms with E-state index in [0.29, 0.717) is 22.9 Å². The van der Waals surface area contributed by atoms with Gasteiger partial charge in [-0.05, 0) is 29.8 Å². The van der Waals surface area contributed by atoms with Crippen LogP contribution in [0.2, 0.25) is 5.02 Å². The van der Waals surface area contributed by atoms with Crippen LogP contribution in [-0.2, 0) is 6.61 Å². The van der Waals surface area contributed by atoms with E-state index >= 15 is 0 Å². The van der Waals surface area contributed by atoms with E-state index in [-0.39, 0.29) is 0 Å². The molecule has 0 aromatic heterocycles. The molecule has 0 aliphatic rings. The SMILES string of the molecule is N#Cc1ccc(OCc2ccc(N)cc2)cc1Cl. The molecule has 2 aromatic rings. The van der Waals surface area contributed by atoms with Crippen molar-refractivity contribution in [2.24, 2.45) is 0 Å². The predicted molar refractivity (Wildman–Crippen MR) is 71.4 cm³/mol. The molecule has 0 atom stereocenters. The van der Waals surface area contributed by atoms with Gasteiger partial charge in [0, 0.05) is 11.8 Å². The van der Waals surface area contributed by atoms with E-state index in [0.717, 1.165) is 11.3 Å². The number of rotatable bonds is 3. The number of ether oxygens (including phenoxy) is 1. The summed E-state index contributed by atoms with van der Waals surface area (Å²) >= 11 is 5.91. The molecule has 0 heterocycles. The summed E-state index contributed by atoms with van der Waals surface area (Å²) in [4.78, 5) is 0. The van der Waals surface area contributed by atoms with Gasteiger partial charge in [-0.15, -0.1) is 0 Å². The van der Waals surface area contributed by atoms with Crippen LogP contribution in [0.25, 0.3) is 0 Å². The summed E-state index contributed by atoms with van der Waals surface area (Å²) in [5.41, 5.74) is 7.78. The summed E-state index contributed by atoms with van der Waals surface area (Å²) in [6.07, 6.45) is 0. The number of hydrogen-bond donors (Lipinski definition) is 1. The van der Waals surface area contributed by atoms with Crippen LogP contribution in [-0.4, -0.2) is 0 Å². The highest BCUT2D eigenvalue weighted by molar-refractivity contribution is 6.31. The number of nitrogens with zero attached hydrogens (tertiary/aromatic N) is 1. The number of benzene rings is 2. The summed E-state index contributed by atoms with van der Waals surface area (Å²) in [5.74, 6) is 0.635. The lowest BCUT2D eigenvalue weighted by atomic mass is 10.2. The predicted octanol–water partition coefficient (Wildman–Crippen LogP) is 3.37. The Morgan fingerprint density at radius 3 is 2.50 bits per heavy atom. The van der Waals surface area contributed by atoms with Crippen LogP contribution < -0.4 is 10.5 Å². The molecular formula is C14H11ClN2O. The first-order chi connectivity index (χ1) is 8.69. The second kappa shape index (κ2) is 5.44. The van der Waals surface area contributed by atoms with Gasteiger partial charge in [0.05, 0.1) is 10.6 Å². The van der Waals surface area contributed by atoms with Crippen LogP contribution in [0.15, 0.2) is 42.5 Å². The lowest BCUT2D eigenvalue weighted by Gasteiger charge is -2.07. The fourth-order valence-corrected chi connectivity index (χ4v) is 1.67. The highest BCUT2D eigenvalue weighted by Crippen LogP contribution is 2.22. The maximum Gasteiger partial charge on any atom is 0.121 e. The van der Waals surface area contributed by atoms with Crippen molar-refractivity contribution >= 4 is 17.3 Å². The molecule has 0 saturated heterocycles. The normalized spacial score (nSPS) is 9.78. The van der Waals surface area contributed by atoms with Gasteiger partial charge in [0.15, 0.2) is 0 Å². The van der Waals surface area contributed by atoms with Crippen LogP contribution >= 0.6 is 11.6 Å². The average molecular weight is 259 g/mol. The molecule has 0 aliphatic heterocycles. The van der Waals surface area contributed by atoms with E-state index in [4.69, 9.17) is 27.3 Å². The van der Waals surface area contributed by atoms with E-state index in [9.17, 15) is 0 Å². The molecule has 2 N–H and O–H groups in total. The third kappa shape index (κ3) is 2.93. The largest absolute Gasteiger partial charge is 0.489 e. The van der Waals surface area contributed by atoms with Crippen molar-refractivity contribution in [2.45, 2.75) is 6.61 Å². The van der Waals surface area contributed by atoms with Gasteiger partial charge >= 0.3 is 0 Å². The first kappa shape index (κ1) is 12.3. The van der Waals surface area contributed by atoms with Crippen LogP contribution in [0.3, 0.4) is 0 Å². The average Bonchev–Trinajstić information content (AvgIpc) is 2.38. The van der Waals surface area contributed by atoms with Crippen LogP contribution in [0.4, 0.5) is 5.69 Å². The number of nitrogen functional groups attached to an aromatic ring is 1. The summed E-state index contributed by atoms with van der Waals surface area (Å²) < 4.78 is 5.58. The van der Waals surface area contributed by atoms with Crippen LogP contribution in [0.1, 0.15) is 11.1 Å². The topological polar surface area (TPSA) is 59.0 Å². The van der Waals surface area contributed by atoms with Gasteiger partial charge in [-0.2, -0.15) is 5.26 Å². The van der Waals surface area contributed by atoms with Crippen LogP contribution in [0, 0.1) is 11.3 Å². The number of halogens is 1. The summed E-state index contributed by atoms with van der Waals surface area (Å²) in [5, 5.41) is 9.15. The molecule has 0 spiro atoms. The fourth-order valence-electron chi connectivity index (χ4n) is 1.46. The molecule has 0 fully saturated rings. The molecule has 0 unspecified atom stereocenters. The van der Waals surface area contributed by atoms with Crippen molar-refractivity contribution in [3.63, 3.8) is 0 Å². The van der Waals surface area contributed by atoms with Gasteiger partial charge in [-0.3, -0.25) is 0 Å². The Balaban J connectivity index is 2.04. The van der Waals surface area contributed by atoms with Crippen molar-refractivity contribution in [2.75, 3.05) is 5.73 Å². The van der Waals surface area contributed by atoms with E-state index in [1.165, 1.54) is 0 Å². The first-order valence-electron chi connectivity index (χ1n) is 5.36. The van der Waals surface area contributed by atoms with Crippen molar-refractivity contribution in [1.82, 2.24) is 0 Å². The molecule has 0 aliphatic carbocycles. The Morgan fingerprint density at radius 2 is 1.89 bits per heavy atom. The zero-order chi connectivity index (χ0) is 13.0. The second-order valence-electron chi connectivity index (χ2n) is 3.78. The van der Waals surface area contributed by atoms with Gasteiger partial charge in [0.1, 0.15) is 18.4 Å². The molecule has 0 amide bonds. The van der Waals surface area contributed by atoms with Gasteiger partial charge in [-0.1, -0.05) is 23.7 Å². The van der Waals surface area contributed by atoms with Gasteiger partial charge < -0.3 is 10.5 Å². The van der Waals surface area contributed by atoms with Crippen molar-refractivity contribution < 1.29 is 4.74 Å². The Hall–Kier alpha value is -2.18. The lowest BCUT2D eigenvalue weighted by Crippen LogP contribution is -1.96. The number of nitrogens with two attached hydrogens (primary N) is 1. The van der Waals surface area contributed by atoms with E-state index in [1.807, 2.05) is 30.3 Å². The lowest BCUT2D eigenvalue weighted by molar-refractivity contribution is 0.306. The Bertz CT molecular complexity index is 588. The molecule has 0 saturated carbocycles. The van der Waals surface area contributed by atoms with Crippen molar-refractivity contribution in [3.8, 4) is 11.8 Å². The summed E-state index contributed by atoms with van der Waals surface area (Å²) in [6.45, 7) is 0.433. The van der Waals surface area contributed by atoms with Crippen molar-refractivity contribution in [1.29, 1.82) is 5.26 Å². The third-order valence-electron chi connectivity index (χ3n) is 2.45. The fraction of sp³-hybridized carbons (Fsp3) is 0.0714. The minimum Gasteiger partial charge on any atom is -0.489 e. The molecule has 2 aromatic carbocycles.